The van der Waals surface area contributed by atoms with Crippen LogP contribution in [0.25, 0.3) is 0 Å². The largest absolute Gasteiger partial charge is 0.328 e. The van der Waals surface area contributed by atoms with E-state index in [0.29, 0.717) is 10.8 Å². The Hall–Kier alpha value is -0.0800. The summed E-state index contributed by atoms with van der Waals surface area (Å²) in [4.78, 5) is 0. The monoisotopic (exact) mass is 254 g/mol. The highest BCUT2D eigenvalue weighted by Gasteiger charge is 2.63. The Morgan fingerprint density at radius 3 is 1.00 bits per heavy atom. The number of hydrogen-bond acceptors (Lipinski definition) is 0. The van der Waals surface area contributed by atoms with E-state index in [-0.39, 0.29) is 0 Å². The van der Waals surface area contributed by atoms with Gasteiger partial charge in [-0.2, -0.15) is 0 Å². The lowest BCUT2D eigenvalue weighted by atomic mass is 9.71. The molecule has 0 aromatic heterocycles. The maximum Gasteiger partial charge on any atom is 0.0895 e. The molecule has 2 heteroatoms. The van der Waals surface area contributed by atoms with E-state index in [0.717, 1.165) is 21.0 Å². The van der Waals surface area contributed by atoms with Crippen LogP contribution in [0, 0.1) is 10.8 Å². The van der Waals surface area contributed by atoms with Gasteiger partial charge in [-0.15, -0.1) is 0 Å². The molecule has 2 saturated carbocycles. The predicted molar refractivity (Wildman–Crippen MR) is 78.3 cm³/mol. The van der Waals surface area contributed by atoms with Gasteiger partial charge in [0.05, 0.1) is 54.4 Å². The number of rotatable bonds is 2. The van der Waals surface area contributed by atoms with Gasteiger partial charge in [-0.3, -0.25) is 0 Å². The molecule has 0 spiro atoms. The van der Waals surface area contributed by atoms with Crippen molar-refractivity contribution < 1.29 is 8.97 Å². The topological polar surface area (TPSA) is 0 Å². The van der Waals surface area contributed by atoms with Crippen LogP contribution in [0.15, 0.2) is 0 Å². The van der Waals surface area contributed by atoms with E-state index in [4.69, 9.17) is 0 Å². The average molecular weight is 254 g/mol. The Labute approximate surface area is 114 Å². The smallest absolute Gasteiger partial charge is 0.0895 e. The summed E-state index contributed by atoms with van der Waals surface area (Å²) in [6.07, 6.45) is 5.68. The van der Waals surface area contributed by atoms with Gasteiger partial charge in [-0.05, 0) is 10.8 Å². The summed E-state index contributed by atoms with van der Waals surface area (Å²) in [6, 6.07) is 1.71. The lowest BCUT2D eigenvalue weighted by Gasteiger charge is -2.36. The zero-order valence-corrected chi connectivity index (χ0v) is 13.9. The molecule has 0 radical (unpaired) electrons. The Kier molecular flexibility index (Phi) is 2.97. The van der Waals surface area contributed by atoms with Crippen molar-refractivity contribution in [2.24, 2.45) is 10.8 Å². The van der Waals surface area contributed by atoms with E-state index < -0.39 is 0 Å². The van der Waals surface area contributed by atoms with Crippen LogP contribution in [0.2, 0.25) is 0 Å². The molecule has 106 valence electrons. The van der Waals surface area contributed by atoms with Crippen molar-refractivity contribution in [3.8, 4) is 0 Å². The van der Waals surface area contributed by atoms with E-state index in [1.807, 2.05) is 0 Å². The van der Waals surface area contributed by atoms with Gasteiger partial charge >= 0.3 is 0 Å². The fourth-order valence-electron chi connectivity index (χ4n) is 4.47. The van der Waals surface area contributed by atoms with Crippen LogP contribution in [0.5, 0.6) is 0 Å². The van der Waals surface area contributed by atoms with Crippen molar-refractivity contribution in [1.29, 1.82) is 0 Å². The summed E-state index contributed by atoms with van der Waals surface area (Å²) in [6.45, 7) is 5.14. The van der Waals surface area contributed by atoms with Gasteiger partial charge in [0.1, 0.15) is 0 Å². The highest BCUT2D eigenvalue weighted by atomic mass is 15.3. The molecule has 2 rings (SSSR count). The SMILES string of the molecule is C[N+](C)(C)C1C[C@]2(C)CC([N+](C)(C)C)C[C@]2(C)C1. The second kappa shape index (κ2) is 3.73. The molecule has 0 heterocycles. The van der Waals surface area contributed by atoms with Crippen molar-refractivity contribution in [3.63, 3.8) is 0 Å². The molecule has 0 amide bonds. The van der Waals surface area contributed by atoms with Crippen LogP contribution < -0.4 is 0 Å². The molecular formula is C16H34N2+2. The van der Waals surface area contributed by atoms with Gasteiger partial charge in [-0.1, -0.05) is 13.8 Å². The zero-order valence-electron chi connectivity index (χ0n) is 13.9. The second-order valence-corrected chi connectivity index (χ2v) is 9.48. The molecule has 0 unspecified atom stereocenters. The molecule has 0 N–H and O–H groups in total. The average Bonchev–Trinajstić information content (AvgIpc) is 2.48. The fourth-order valence-corrected chi connectivity index (χ4v) is 4.47. The van der Waals surface area contributed by atoms with E-state index in [9.17, 15) is 0 Å². The number of quaternary nitrogens is 2. The van der Waals surface area contributed by atoms with Crippen LogP contribution in [0.4, 0.5) is 0 Å². The molecule has 0 atom stereocenters. The molecule has 0 aromatic carbocycles. The number of fused-ring (bicyclic) bond motifs is 1. The quantitative estimate of drug-likeness (QED) is 0.665. The van der Waals surface area contributed by atoms with Gasteiger partial charge in [-0.25, -0.2) is 0 Å². The Bertz CT molecular complexity index is 286. The molecule has 0 bridgehead atoms. The van der Waals surface area contributed by atoms with Gasteiger partial charge in [0.25, 0.3) is 0 Å². The van der Waals surface area contributed by atoms with Crippen LogP contribution in [0.1, 0.15) is 39.5 Å². The summed E-state index contributed by atoms with van der Waals surface area (Å²) in [5, 5.41) is 0. The third-order valence-corrected chi connectivity index (χ3v) is 6.39. The van der Waals surface area contributed by atoms with E-state index in [1.54, 1.807) is 0 Å². The van der Waals surface area contributed by atoms with Gasteiger partial charge < -0.3 is 8.97 Å². The molecule has 0 aromatic rings. The second-order valence-electron chi connectivity index (χ2n) is 9.48. The van der Waals surface area contributed by atoms with E-state index in [2.05, 4.69) is 56.1 Å². The number of hydrogen-bond donors (Lipinski definition) is 0. The Morgan fingerprint density at radius 1 is 0.611 bits per heavy atom. The summed E-state index contributed by atoms with van der Waals surface area (Å²) in [5.41, 5.74) is 1.14. The third kappa shape index (κ3) is 2.12. The van der Waals surface area contributed by atoms with Gasteiger partial charge in [0.15, 0.2) is 0 Å². The lowest BCUT2D eigenvalue weighted by molar-refractivity contribution is -0.900. The summed E-state index contributed by atoms with van der Waals surface area (Å²) >= 11 is 0. The van der Waals surface area contributed by atoms with E-state index in [1.165, 1.54) is 25.7 Å². The highest BCUT2D eigenvalue weighted by Crippen LogP contribution is 2.64. The predicted octanol–water partition coefficient (Wildman–Crippen LogP) is 2.74. The molecule has 0 saturated heterocycles. The van der Waals surface area contributed by atoms with Gasteiger partial charge in [0, 0.05) is 25.7 Å². The van der Waals surface area contributed by atoms with Crippen molar-refractivity contribution in [2.45, 2.75) is 51.6 Å². The van der Waals surface area contributed by atoms with E-state index >= 15 is 0 Å². The number of nitrogens with zero attached hydrogens (tertiary/aromatic N) is 2. The summed E-state index contributed by atoms with van der Waals surface area (Å²) in [5.74, 6) is 0. The highest BCUT2D eigenvalue weighted by molar-refractivity contribution is 5.08. The molecule has 2 fully saturated rings. The molecule has 2 aliphatic carbocycles. The maximum atomic E-state index is 2.57. The normalized spacial score (nSPS) is 45.3. The Morgan fingerprint density at radius 2 is 0.833 bits per heavy atom. The van der Waals surface area contributed by atoms with Crippen molar-refractivity contribution in [1.82, 2.24) is 0 Å². The Balaban J connectivity index is 2.21. The standard InChI is InChI=1S/C16H34N2/c1-15-9-13(17(3,4)5)11-16(15,2)12-14(10-15)18(6,7)8/h13-14H,9-12H2,1-8H3/q+2/t13?,14?,15-,16+. The molecule has 2 aliphatic rings. The van der Waals surface area contributed by atoms with Crippen molar-refractivity contribution >= 4 is 0 Å². The first-order valence-electron chi connectivity index (χ1n) is 7.50. The molecule has 2 nitrogen and oxygen atoms in total. The molecular weight excluding hydrogens is 220 g/mol. The van der Waals surface area contributed by atoms with Crippen LogP contribution >= 0.6 is 0 Å². The van der Waals surface area contributed by atoms with Gasteiger partial charge in [0.2, 0.25) is 0 Å². The van der Waals surface area contributed by atoms with Crippen molar-refractivity contribution in [2.75, 3.05) is 42.3 Å². The van der Waals surface area contributed by atoms with Crippen LogP contribution in [-0.2, 0) is 0 Å². The molecule has 18 heavy (non-hydrogen) atoms. The first-order valence-corrected chi connectivity index (χ1v) is 7.50. The first kappa shape index (κ1) is 14.3. The third-order valence-electron chi connectivity index (χ3n) is 6.39. The molecule has 0 aliphatic heterocycles. The zero-order chi connectivity index (χ0) is 14.0. The first-order chi connectivity index (χ1) is 7.87. The van der Waals surface area contributed by atoms with Crippen LogP contribution in [0.3, 0.4) is 0 Å². The summed E-state index contributed by atoms with van der Waals surface area (Å²) in [7, 11) is 14.2. The fraction of sp³-hybridized carbons (Fsp3) is 1.00. The van der Waals surface area contributed by atoms with Crippen LogP contribution in [-0.4, -0.2) is 63.3 Å². The summed E-state index contributed by atoms with van der Waals surface area (Å²) < 4.78 is 2.28. The minimum atomic E-state index is 0.569. The minimum Gasteiger partial charge on any atom is -0.328 e. The maximum absolute atomic E-state index is 2.57. The minimum absolute atomic E-state index is 0.569. The lowest BCUT2D eigenvalue weighted by Crippen LogP contribution is -2.47. The van der Waals surface area contributed by atoms with Crippen molar-refractivity contribution in [3.05, 3.63) is 0 Å².